The lowest BCUT2D eigenvalue weighted by Crippen LogP contribution is -2.43. The van der Waals surface area contributed by atoms with Crippen molar-refractivity contribution in [3.63, 3.8) is 0 Å². The van der Waals surface area contributed by atoms with Crippen molar-refractivity contribution in [2.45, 2.75) is 24.7 Å². The first kappa shape index (κ1) is 12.9. The number of piperidine rings is 1. The molecule has 1 amide bonds. The van der Waals surface area contributed by atoms with Gasteiger partial charge in [0, 0.05) is 23.7 Å². The molecular weight excluding hydrogens is 254 g/mol. The number of aliphatic hydroxyl groups excluding tert-OH is 1. The maximum absolute atomic E-state index is 11.9. The first-order valence-electron chi connectivity index (χ1n) is 5.81. The van der Waals surface area contributed by atoms with Crippen molar-refractivity contribution in [2.75, 3.05) is 18.8 Å². The lowest BCUT2D eigenvalue weighted by Gasteiger charge is -2.30. The Morgan fingerprint density at radius 1 is 1.65 bits per heavy atom. The number of thioether (sulfide) groups is 1. The van der Waals surface area contributed by atoms with Crippen LogP contribution in [0.1, 0.15) is 17.7 Å². The van der Waals surface area contributed by atoms with Crippen LogP contribution < -0.4 is 0 Å². The molecule has 1 N–H and O–H groups in total. The SMILES string of the molecule is O=C(CSCc1cccs1)N1CCCC(O)C1. The van der Waals surface area contributed by atoms with E-state index in [-0.39, 0.29) is 12.0 Å². The lowest BCUT2D eigenvalue weighted by molar-refractivity contribution is -0.131. The molecular formula is C12H17NO2S2. The third-order valence-corrected chi connectivity index (χ3v) is 4.82. The second-order valence-corrected chi connectivity index (χ2v) is 6.23. The summed E-state index contributed by atoms with van der Waals surface area (Å²) in [4.78, 5) is 15.0. The molecule has 1 atom stereocenters. The third-order valence-electron chi connectivity index (χ3n) is 2.80. The number of carbonyl (C=O) groups excluding carboxylic acids is 1. The largest absolute Gasteiger partial charge is 0.391 e. The zero-order chi connectivity index (χ0) is 12.1. The molecule has 0 spiro atoms. The average molecular weight is 271 g/mol. The van der Waals surface area contributed by atoms with Gasteiger partial charge in [-0.2, -0.15) is 0 Å². The van der Waals surface area contributed by atoms with Crippen molar-refractivity contribution < 1.29 is 9.90 Å². The van der Waals surface area contributed by atoms with Crippen LogP contribution in [-0.4, -0.2) is 40.9 Å². The van der Waals surface area contributed by atoms with Crippen molar-refractivity contribution in [3.05, 3.63) is 22.4 Å². The fourth-order valence-electron chi connectivity index (χ4n) is 1.91. The Morgan fingerprint density at radius 3 is 3.24 bits per heavy atom. The monoisotopic (exact) mass is 271 g/mol. The Kier molecular flexibility index (Phi) is 4.88. The lowest BCUT2D eigenvalue weighted by atomic mass is 10.1. The van der Waals surface area contributed by atoms with Crippen LogP contribution in [0.2, 0.25) is 0 Å². The van der Waals surface area contributed by atoms with Gasteiger partial charge in [-0.1, -0.05) is 6.07 Å². The number of likely N-dealkylation sites (tertiary alicyclic amines) is 1. The third kappa shape index (κ3) is 4.01. The Hall–Kier alpha value is -0.520. The van der Waals surface area contributed by atoms with E-state index in [1.165, 1.54) is 4.88 Å². The van der Waals surface area contributed by atoms with Crippen LogP contribution in [0.15, 0.2) is 17.5 Å². The standard InChI is InChI=1S/C12H17NO2S2/c14-10-3-1-5-13(7-10)12(15)9-16-8-11-4-2-6-17-11/h2,4,6,10,14H,1,3,5,7-9H2. The minimum atomic E-state index is -0.324. The van der Waals surface area contributed by atoms with E-state index in [0.29, 0.717) is 12.3 Å². The van der Waals surface area contributed by atoms with E-state index in [2.05, 4.69) is 11.4 Å². The average Bonchev–Trinajstić information content (AvgIpc) is 2.82. The Labute approximate surface area is 110 Å². The summed E-state index contributed by atoms with van der Waals surface area (Å²) in [7, 11) is 0. The van der Waals surface area contributed by atoms with Crippen molar-refractivity contribution in [2.24, 2.45) is 0 Å². The quantitative estimate of drug-likeness (QED) is 0.910. The molecule has 0 bridgehead atoms. The van der Waals surface area contributed by atoms with E-state index in [1.54, 1.807) is 28.0 Å². The first-order valence-corrected chi connectivity index (χ1v) is 7.85. The molecule has 0 aliphatic carbocycles. The topological polar surface area (TPSA) is 40.5 Å². The molecule has 0 saturated carbocycles. The molecule has 1 unspecified atom stereocenters. The van der Waals surface area contributed by atoms with Gasteiger partial charge in [-0.25, -0.2) is 0 Å². The fraction of sp³-hybridized carbons (Fsp3) is 0.583. The molecule has 5 heteroatoms. The second-order valence-electron chi connectivity index (χ2n) is 4.21. The molecule has 0 radical (unpaired) electrons. The predicted octanol–water partition coefficient (Wildman–Crippen LogP) is 1.96. The highest BCUT2D eigenvalue weighted by atomic mass is 32.2. The molecule has 2 rings (SSSR count). The van der Waals surface area contributed by atoms with E-state index < -0.39 is 0 Å². The number of aliphatic hydroxyl groups is 1. The molecule has 1 fully saturated rings. The summed E-state index contributed by atoms with van der Waals surface area (Å²) >= 11 is 3.38. The zero-order valence-electron chi connectivity index (χ0n) is 9.67. The van der Waals surface area contributed by atoms with Gasteiger partial charge in [0.15, 0.2) is 0 Å². The Balaban J connectivity index is 1.70. The molecule has 3 nitrogen and oxygen atoms in total. The van der Waals surface area contributed by atoms with Gasteiger partial charge in [-0.3, -0.25) is 4.79 Å². The number of amides is 1. The number of thiophene rings is 1. The van der Waals surface area contributed by atoms with Crippen LogP contribution in [-0.2, 0) is 10.5 Å². The van der Waals surface area contributed by atoms with Crippen molar-refractivity contribution in [1.82, 2.24) is 4.90 Å². The van der Waals surface area contributed by atoms with Gasteiger partial charge in [0.05, 0.1) is 11.9 Å². The maximum Gasteiger partial charge on any atom is 0.232 e. The number of hydrogen-bond donors (Lipinski definition) is 1. The van der Waals surface area contributed by atoms with E-state index in [4.69, 9.17) is 0 Å². The smallest absolute Gasteiger partial charge is 0.232 e. The highest BCUT2D eigenvalue weighted by Crippen LogP contribution is 2.18. The van der Waals surface area contributed by atoms with E-state index >= 15 is 0 Å². The van der Waals surface area contributed by atoms with E-state index in [1.807, 2.05) is 6.07 Å². The molecule has 2 heterocycles. The van der Waals surface area contributed by atoms with Gasteiger partial charge in [-0.05, 0) is 24.3 Å². The molecule has 94 valence electrons. The van der Waals surface area contributed by atoms with Crippen LogP contribution in [0.25, 0.3) is 0 Å². The molecule has 0 aromatic carbocycles. The minimum Gasteiger partial charge on any atom is -0.391 e. The van der Waals surface area contributed by atoms with Gasteiger partial charge in [0.1, 0.15) is 0 Å². The van der Waals surface area contributed by atoms with E-state index in [9.17, 15) is 9.90 Å². The van der Waals surface area contributed by atoms with Crippen LogP contribution in [0.5, 0.6) is 0 Å². The van der Waals surface area contributed by atoms with Gasteiger partial charge in [0.25, 0.3) is 0 Å². The van der Waals surface area contributed by atoms with Crippen LogP contribution in [0, 0.1) is 0 Å². The van der Waals surface area contributed by atoms with Crippen molar-refractivity contribution in [1.29, 1.82) is 0 Å². The predicted molar refractivity (Wildman–Crippen MR) is 72.3 cm³/mol. The number of carbonyl (C=O) groups is 1. The number of rotatable bonds is 4. The van der Waals surface area contributed by atoms with Crippen LogP contribution in [0.3, 0.4) is 0 Å². The van der Waals surface area contributed by atoms with Crippen molar-refractivity contribution >= 4 is 29.0 Å². The Bertz CT molecular complexity index is 353. The summed E-state index contributed by atoms with van der Waals surface area (Å²) in [5.74, 6) is 1.58. The summed E-state index contributed by atoms with van der Waals surface area (Å²) in [5.41, 5.74) is 0. The molecule has 1 aromatic rings. The molecule has 1 aliphatic heterocycles. The Morgan fingerprint density at radius 2 is 2.53 bits per heavy atom. The van der Waals surface area contributed by atoms with E-state index in [0.717, 1.165) is 25.1 Å². The first-order chi connectivity index (χ1) is 8.25. The van der Waals surface area contributed by atoms with Crippen LogP contribution in [0.4, 0.5) is 0 Å². The highest BCUT2D eigenvalue weighted by molar-refractivity contribution is 7.99. The number of hydrogen-bond acceptors (Lipinski definition) is 4. The minimum absolute atomic E-state index is 0.158. The zero-order valence-corrected chi connectivity index (χ0v) is 11.3. The summed E-state index contributed by atoms with van der Waals surface area (Å²) in [5, 5.41) is 11.6. The molecule has 1 saturated heterocycles. The summed E-state index contributed by atoms with van der Waals surface area (Å²) < 4.78 is 0. The van der Waals surface area contributed by atoms with Crippen LogP contribution >= 0.6 is 23.1 Å². The molecule has 17 heavy (non-hydrogen) atoms. The maximum atomic E-state index is 11.9. The fourth-order valence-corrected chi connectivity index (χ4v) is 3.67. The normalized spacial score (nSPS) is 20.5. The highest BCUT2D eigenvalue weighted by Gasteiger charge is 2.21. The number of nitrogens with zero attached hydrogens (tertiary/aromatic N) is 1. The second kappa shape index (κ2) is 6.42. The van der Waals surface area contributed by atoms with Crippen molar-refractivity contribution in [3.8, 4) is 0 Å². The summed E-state index contributed by atoms with van der Waals surface area (Å²) in [6.07, 6.45) is 1.42. The van der Waals surface area contributed by atoms with Gasteiger partial charge >= 0.3 is 0 Å². The summed E-state index contributed by atoms with van der Waals surface area (Å²) in [6, 6.07) is 4.12. The molecule has 1 aromatic heterocycles. The number of β-amino-alcohol motifs (C(OH)–C–C–N with tert-alkyl or cyclic N) is 1. The van der Waals surface area contributed by atoms with Gasteiger partial charge < -0.3 is 10.0 Å². The summed E-state index contributed by atoms with van der Waals surface area (Å²) in [6.45, 7) is 1.31. The van der Waals surface area contributed by atoms with Gasteiger partial charge in [-0.15, -0.1) is 23.1 Å². The van der Waals surface area contributed by atoms with Gasteiger partial charge in [0.2, 0.25) is 5.91 Å². The molecule has 1 aliphatic rings.